The van der Waals surface area contributed by atoms with Crippen molar-refractivity contribution in [2.45, 2.75) is 25.4 Å². The Morgan fingerprint density at radius 1 is 1.14 bits per heavy atom. The number of hydrogen-bond donors (Lipinski definition) is 2. The molecule has 0 aliphatic carbocycles. The van der Waals surface area contributed by atoms with Gasteiger partial charge in [-0.25, -0.2) is 0 Å². The molecule has 0 fully saturated rings. The Balaban J connectivity index is 1.69. The van der Waals surface area contributed by atoms with Crippen LogP contribution in [0.4, 0.5) is 5.69 Å². The van der Waals surface area contributed by atoms with Crippen molar-refractivity contribution in [3.05, 3.63) is 59.7 Å². The maximum Gasteiger partial charge on any atom is 0.224 e. The molecule has 2 aromatic carbocycles. The number of benzene rings is 2. The largest absolute Gasteiger partial charge is 0.491 e. The van der Waals surface area contributed by atoms with E-state index < -0.39 is 6.10 Å². The third kappa shape index (κ3) is 3.46. The van der Waals surface area contributed by atoms with Crippen molar-refractivity contribution in [3.63, 3.8) is 0 Å². The zero-order valence-corrected chi connectivity index (χ0v) is 12.3. The van der Waals surface area contributed by atoms with Crippen LogP contribution in [0.1, 0.15) is 30.1 Å². The van der Waals surface area contributed by atoms with Gasteiger partial charge in [-0.1, -0.05) is 30.3 Å². The molecule has 0 radical (unpaired) electrons. The van der Waals surface area contributed by atoms with E-state index in [1.807, 2.05) is 48.5 Å². The monoisotopic (exact) mass is 297 g/mol. The molecule has 1 aliphatic heterocycles. The van der Waals surface area contributed by atoms with Crippen molar-refractivity contribution in [3.8, 4) is 5.75 Å². The van der Waals surface area contributed by atoms with Crippen LogP contribution in [0.3, 0.4) is 0 Å². The third-order valence-corrected chi connectivity index (χ3v) is 3.79. The number of aryl methyl sites for hydroxylation is 1. The van der Waals surface area contributed by atoms with E-state index in [1.54, 1.807) is 0 Å². The van der Waals surface area contributed by atoms with Gasteiger partial charge >= 0.3 is 0 Å². The Morgan fingerprint density at radius 3 is 2.77 bits per heavy atom. The number of para-hydroxylation sites is 1. The van der Waals surface area contributed by atoms with Crippen LogP contribution in [-0.2, 0) is 11.2 Å². The molecular formula is C18H19NO3. The molecule has 2 N–H and O–H groups in total. The Hall–Kier alpha value is -2.33. The van der Waals surface area contributed by atoms with Gasteiger partial charge in [0.05, 0.1) is 0 Å². The first-order chi connectivity index (χ1) is 10.7. The smallest absolute Gasteiger partial charge is 0.224 e. The summed E-state index contributed by atoms with van der Waals surface area (Å²) < 4.78 is 5.59. The van der Waals surface area contributed by atoms with Crippen LogP contribution in [0.15, 0.2) is 48.5 Å². The minimum absolute atomic E-state index is 0.0551. The third-order valence-electron chi connectivity index (χ3n) is 3.79. The van der Waals surface area contributed by atoms with Gasteiger partial charge in [-0.2, -0.15) is 0 Å². The van der Waals surface area contributed by atoms with Crippen LogP contribution in [0.2, 0.25) is 0 Å². The van der Waals surface area contributed by atoms with Gasteiger partial charge in [-0.15, -0.1) is 0 Å². The number of fused-ring (bicyclic) bond motifs is 1. The summed E-state index contributed by atoms with van der Waals surface area (Å²) in [4.78, 5) is 11.5. The topological polar surface area (TPSA) is 58.6 Å². The fourth-order valence-corrected chi connectivity index (χ4v) is 2.59. The summed E-state index contributed by atoms with van der Waals surface area (Å²) in [7, 11) is 0. The first-order valence-corrected chi connectivity index (χ1v) is 7.51. The molecule has 0 spiro atoms. The first kappa shape index (κ1) is 14.6. The maximum absolute atomic E-state index is 11.5. The normalized spacial score (nSPS) is 15.4. The van der Waals surface area contributed by atoms with E-state index in [-0.39, 0.29) is 12.5 Å². The minimum atomic E-state index is -0.690. The van der Waals surface area contributed by atoms with E-state index in [0.29, 0.717) is 6.42 Å². The zero-order valence-electron chi connectivity index (χ0n) is 12.3. The van der Waals surface area contributed by atoms with E-state index in [1.165, 1.54) is 0 Å². The lowest BCUT2D eigenvalue weighted by Gasteiger charge is -2.15. The average Bonchev–Trinajstić information content (AvgIpc) is 2.73. The number of rotatable bonds is 4. The van der Waals surface area contributed by atoms with E-state index in [9.17, 15) is 9.90 Å². The summed E-state index contributed by atoms with van der Waals surface area (Å²) in [5.74, 6) is 0.794. The highest BCUT2D eigenvalue weighted by Crippen LogP contribution is 2.26. The fraction of sp³-hybridized carbons (Fsp3) is 0.278. The average molecular weight is 297 g/mol. The molecule has 3 rings (SSSR count). The molecular weight excluding hydrogens is 278 g/mol. The second-order valence-electron chi connectivity index (χ2n) is 5.46. The Morgan fingerprint density at radius 2 is 1.95 bits per heavy atom. The van der Waals surface area contributed by atoms with Gasteiger partial charge in [0.25, 0.3) is 0 Å². The molecule has 1 atom stereocenters. The number of carbonyl (C=O) groups excluding carboxylic acids is 1. The number of ether oxygens (including phenoxy) is 1. The number of nitrogens with one attached hydrogen (secondary N) is 1. The van der Waals surface area contributed by atoms with Crippen molar-refractivity contribution in [1.29, 1.82) is 0 Å². The summed E-state index contributed by atoms with van der Waals surface area (Å²) >= 11 is 0. The Labute approximate surface area is 129 Å². The van der Waals surface area contributed by atoms with Gasteiger partial charge in [0.1, 0.15) is 18.5 Å². The minimum Gasteiger partial charge on any atom is -0.491 e. The van der Waals surface area contributed by atoms with Crippen LogP contribution >= 0.6 is 0 Å². The predicted octanol–water partition coefficient (Wildman–Crippen LogP) is 3.07. The highest BCUT2D eigenvalue weighted by molar-refractivity contribution is 5.92. The Kier molecular flexibility index (Phi) is 4.39. The lowest BCUT2D eigenvalue weighted by Crippen LogP contribution is -2.11. The van der Waals surface area contributed by atoms with Crippen molar-refractivity contribution in [1.82, 2.24) is 0 Å². The molecule has 0 aromatic heterocycles. The van der Waals surface area contributed by atoms with E-state index in [0.717, 1.165) is 35.4 Å². The van der Waals surface area contributed by atoms with Crippen molar-refractivity contribution in [2.75, 3.05) is 11.9 Å². The van der Waals surface area contributed by atoms with Crippen LogP contribution in [0, 0.1) is 0 Å². The van der Waals surface area contributed by atoms with E-state index in [4.69, 9.17) is 4.74 Å². The second-order valence-corrected chi connectivity index (χ2v) is 5.46. The number of aliphatic hydroxyl groups is 1. The number of amides is 1. The van der Waals surface area contributed by atoms with Crippen LogP contribution in [0.25, 0.3) is 0 Å². The van der Waals surface area contributed by atoms with Crippen molar-refractivity contribution in [2.24, 2.45) is 0 Å². The van der Waals surface area contributed by atoms with Crippen molar-refractivity contribution < 1.29 is 14.6 Å². The quantitative estimate of drug-likeness (QED) is 0.912. The van der Waals surface area contributed by atoms with E-state index >= 15 is 0 Å². The fourth-order valence-electron chi connectivity index (χ4n) is 2.59. The molecule has 1 heterocycles. The highest BCUT2D eigenvalue weighted by Gasteiger charge is 2.15. The Bertz CT molecular complexity index is 655. The van der Waals surface area contributed by atoms with Gasteiger partial charge < -0.3 is 15.2 Å². The molecule has 4 heteroatoms. The molecule has 0 saturated carbocycles. The molecule has 2 aromatic rings. The predicted molar refractivity (Wildman–Crippen MR) is 84.9 cm³/mol. The summed E-state index contributed by atoms with van der Waals surface area (Å²) in [6, 6.07) is 15.1. The molecule has 4 nitrogen and oxygen atoms in total. The highest BCUT2D eigenvalue weighted by atomic mass is 16.5. The molecule has 22 heavy (non-hydrogen) atoms. The summed E-state index contributed by atoms with van der Waals surface area (Å²) in [6.07, 6.45) is 1.53. The lowest BCUT2D eigenvalue weighted by molar-refractivity contribution is -0.116. The molecule has 1 aliphatic rings. The van der Waals surface area contributed by atoms with Crippen LogP contribution < -0.4 is 10.1 Å². The van der Waals surface area contributed by atoms with E-state index in [2.05, 4.69) is 5.32 Å². The van der Waals surface area contributed by atoms with Gasteiger partial charge in [0.15, 0.2) is 0 Å². The molecule has 114 valence electrons. The van der Waals surface area contributed by atoms with Crippen LogP contribution in [0.5, 0.6) is 5.75 Å². The lowest BCUT2D eigenvalue weighted by atomic mass is 10.0. The first-order valence-electron chi connectivity index (χ1n) is 7.51. The van der Waals surface area contributed by atoms with Gasteiger partial charge in [-0.3, -0.25) is 4.79 Å². The molecule has 0 bridgehead atoms. The number of anilines is 1. The van der Waals surface area contributed by atoms with Gasteiger partial charge in [0.2, 0.25) is 5.91 Å². The number of carbonyl (C=O) groups is 1. The standard InChI is InChI=1S/C18H19NO3/c20-17(12-22-15-6-2-1-3-7-15)14-9-10-16-13(11-14)5-4-8-18(21)19-16/h1-3,6-7,9-11,17,20H,4-5,8,12H2,(H,19,21). The molecule has 0 saturated heterocycles. The number of aliphatic hydroxyl groups excluding tert-OH is 1. The van der Waals surface area contributed by atoms with Crippen LogP contribution in [-0.4, -0.2) is 17.6 Å². The molecule has 1 unspecified atom stereocenters. The number of hydrogen-bond acceptors (Lipinski definition) is 3. The van der Waals surface area contributed by atoms with Crippen molar-refractivity contribution >= 4 is 11.6 Å². The second kappa shape index (κ2) is 6.62. The maximum atomic E-state index is 11.5. The van der Waals surface area contributed by atoms with Gasteiger partial charge in [0, 0.05) is 12.1 Å². The summed E-state index contributed by atoms with van der Waals surface area (Å²) in [5, 5.41) is 13.2. The summed E-state index contributed by atoms with van der Waals surface area (Å²) in [5.41, 5.74) is 2.73. The molecule has 1 amide bonds. The van der Waals surface area contributed by atoms with Gasteiger partial charge in [-0.05, 0) is 42.2 Å². The zero-order chi connectivity index (χ0) is 15.4. The summed E-state index contributed by atoms with van der Waals surface area (Å²) in [6.45, 7) is 0.204. The SMILES string of the molecule is O=C1CCCc2cc(C(O)COc3ccccc3)ccc2N1.